The van der Waals surface area contributed by atoms with E-state index < -0.39 is 0 Å². The lowest BCUT2D eigenvalue weighted by Crippen LogP contribution is -2.14. The van der Waals surface area contributed by atoms with E-state index in [1.54, 1.807) is 4.68 Å². The number of aliphatic hydroxyl groups is 1. The van der Waals surface area contributed by atoms with Crippen LogP contribution in [0.2, 0.25) is 0 Å². The van der Waals surface area contributed by atoms with Gasteiger partial charge in [-0.3, -0.25) is 0 Å². The Morgan fingerprint density at radius 3 is 2.43 bits per heavy atom. The summed E-state index contributed by atoms with van der Waals surface area (Å²) in [5, 5.41) is 13.2. The zero-order chi connectivity index (χ0) is 10.9. The summed E-state index contributed by atoms with van der Waals surface area (Å²) in [6.45, 7) is 6.69. The van der Waals surface area contributed by atoms with Crippen LogP contribution in [-0.2, 0) is 12.0 Å². The van der Waals surface area contributed by atoms with Crippen LogP contribution in [0.5, 0.6) is 0 Å². The maximum Gasteiger partial charge on any atom is 0.136 e. The third kappa shape index (κ3) is 2.09. The Morgan fingerprint density at radius 1 is 1.50 bits per heavy atom. The van der Waals surface area contributed by atoms with Gasteiger partial charge in [-0.15, -0.1) is 0 Å². The van der Waals surface area contributed by atoms with Gasteiger partial charge in [0.1, 0.15) is 5.82 Å². The van der Waals surface area contributed by atoms with Crippen LogP contribution >= 0.6 is 15.9 Å². The molecule has 0 aromatic carbocycles. The van der Waals surface area contributed by atoms with Gasteiger partial charge in [-0.25, -0.2) is 4.68 Å². The molecule has 0 saturated heterocycles. The Labute approximate surface area is 92.2 Å². The van der Waals surface area contributed by atoms with Crippen LogP contribution < -0.4 is 5.73 Å². The number of rotatable bonds is 2. The van der Waals surface area contributed by atoms with E-state index in [-0.39, 0.29) is 12.0 Å². The van der Waals surface area contributed by atoms with Crippen molar-refractivity contribution < 1.29 is 5.11 Å². The highest BCUT2D eigenvalue weighted by Gasteiger charge is 2.23. The number of aliphatic hydroxyl groups excluding tert-OH is 1. The second-order valence-corrected chi connectivity index (χ2v) is 5.04. The van der Waals surface area contributed by atoms with E-state index in [0.29, 0.717) is 12.4 Å². The molecule has 4 nitrogen and oxygen atoms in total. The van der Waals surface area contributed by atoms with Gasteiger partial charge < -0.3 is 10.8 Å². The van der Waals surface area contributed by atoms with E-state index in [2.05, 4.69) is 41.8 Å². The van der Waals surface area contributed by atoms with Crippen LogP contribution in [0.1, 0.15) is 26.5 Å². The van der Waals surface area contributed by atoms with Crippen molar-refractivity contribution in [3.05, 3.63) is 10.2 Å². The Morgan fingerprint density at radius 2 is 2.07 bits per heavy atom. The quantitative estimate of drug-likeness (QED) is 0.849. The highest BCUT2D eigenvalue weighted by molar-refractivity contribution is 9.10. The largest absolute Gasteiger partial charge is 0.394 e. The van der Waals surface area contributed by atoms with Gasteiger partial charge in [0.2, 0.25) is 0 Å². The van der Waals surface area contributed by atoms with E-state index in [4.69, 9.17) is 10.8 Å². The first kappa shape index (κ1) is 11.5. The Bertz CT molecular complexity index is 328. The summed E-state index contributed by atoms with van der Waals surface area (Å²) in [6, 6.07) is 0. The zero-order valence-corrected chi connectivity index (χ0v) is 10.3. The summed E-state index contributed by atoms with van der Waals surface area (Å²) in [6.07, 6.45) is 0. The molecule has 1 heterocycles. The average molecular weight is 262 g/mol. The summed E-state index contributed by atoms with van der Waals surface area (Å²) >= 11 is 3.42. The second kappa shape index (κ2) is 3.90. The predicted octanol–water partition coefficient (Wildman–Crippen LogP) is 1.52. The van der Waals surface area contributed by atoms with Crippen LogP contribution in [0.25, 0.3) is 0 Å². The minimum atomic E-state index is -0.0480. The van der Waals surface area contributed by atoms with Crippen molar-refractivity contribution in [2.24, 2.45) is 0 Å². The molecule has 0 atom stereocenters. The first-order chi connectivity index (χ1) is 6.38. The zero-order valence-electron chi connectivity index (χ0n) is 8.71. The third-order valence-corrected chi connectivity index (χ3v) is 2.74. The minimum absolute atomic E-state index is 0.0436. The molecule has 0 fully saturated rings. The van der Waals surface area contributed by atoms with Gasteiger partial charge in [-0.2, -0.15) is 5.10 Å². The van der Waals surface area contributed by atoms with E-state index in [9.17, 15) is 0 Å². The fourth-order valence-corrected chi connectivity index (χ4v) is 2.08. The maximum atomic E-state index is 8.82. The topological polar surface area (TPSA) is 64.1 Å². The van der Waals surface area contributed by atoms with Gasteiger partial charge in [0.15, 0.2) is 0 Å². The number of hydrogen-bond donors (Lipinski definition) is 2. The van der Waals surface area contributed by atoms with Crippen molar-refractivity contribution >= 4 is 21.7 Å². The van der Waals surface area contributed by atoms with E-state index in [1.165, 1.54) is 0 Å². The van der Waals surface area contributed by atoms with Gasteiger partial charge in [0.25, 0.3) is 0 Å². The number of anilines is 1. The van der Waals surface area contributed by atoms with E-state index in [1.807, 2.05) is 0 Å². The molecule has 0 aliphatic heterocycles. The molecular formula is C9H16BrN3O. The van der Waals surface area contributed by atoms with E-state index in [0.717, 1.165) is 10.2 Å². The molecule has 14 heavy (non-hydrogen) atoms. The predicted molar refractivity (Wildman–Crippen MR) is 60.1 cm³/mol. The molecule has 0 aliphatic rings. The highest BCUT2D eigenvalue weighted by atomic mass is 79.9. The molecular weight excluding hydrogens is 246 g/mol. The lowest BCUT2D eigenvalue weighted by atomic mass is 9.92. The first-order valence-corrected chi connectivity index (χ1v) is 5.30. The number of nitrogens with two attached hydrogens (primary N) is 1. The molecule has 1 aromatic rings. The SMILES string of the molecule is CC(C)(C)c1nn(CCO)c(N)c1Br. The fraction of sp³-hybridized carbons (Fsp3) is 0.667. The minimum Gasteiger partial charge on any atom is -0.394 e. The Kier molecular flexibility index (Phi) is 3.21. The molecule has 0 bridgehead atoms. The number of nitrogen functional groups attached to an aromatic ring is 1. The van der Waals surface area contributed by atoms with Gasteiger partial charge in [0.05, 0.1) is 23.3 Å². The molecule has 0 aliphatic carbocycles. The van der Waals surface area contributed by atoms with Gasteiger partial charge >= 0.3 is 0 Å². The molecule has 0 spiro atoms. The lowest BCUT2D eigenvalue weighted by molar-refractivity contribution is 0.269. The summed E-state index contributed by atoms with van der Waals surface area (Å²) in [5.41, 5.74) is 6.70. The molecule has 0 saturated carbocycles. The van der Waals surface area contributed by atoms with Gasteiger partial charge in [0, 0.05) is 5.41 Å². The summed E-state index contributed by atoms with van der Waals surface area (Å²) in [5.74, 6) is 0.573. The molecule has 3 N–H and O–H groups in total. The first-order valence-electron chi connectivity index (χ1n) is 4.51. The van der Waals surface area contributed by atoms with Crippen molar-refractivity contribution in [2.45, 2.75) is 32.7 Å². The fourth-order valence-electron chi connectivity index (χ4n) is 1.20. The van der Waals surface area contributed by atoms with Gasteiger partial charge in [-0.05, 0) is 15.9 Å². The van der Waals surface area contributed by atoms with Gasteiger partial charge in [-0.1, -0.05) is 20.8 Å². The Balaban J connectivity index is 3.15. The smallest absolute Gasteiger partial charge is 0.136 e. The Hall–Kier alpha value is -0.550. The highest BCUT2D eigenvalue weighted by Crippen LogP contribution is 2.32. The molecule has 0 amide bonds. The van der Waals surface area contributed by atoms with Crippen LogP contribution in [0.15, 0.2) is 4.47 Å². The van der Waals surface area contributed by atoms with Crippen molar-refractivity contribution in [3.63, 3.8) is 0 Å². The average Bonchev–Trinajstić information content (AvgIpc) is 2.32. The summed E-state index contributed by atoms with van der Waals surface area (Å²) < 4.78 is 2.45. The summed E-state index contributed by atoms with van der Waals surface area (Å²) in [7, 11) is 0. The monoisotopic (exact) mass is 261 g/mol. The molecule has 5 heteroatoms. The van der Waals surface area contributed by atoms with Crippen LogP contribution in [0, 0.1) is 0 Å². The molecule has 0 radical (unpaired) electrons. The molecule has 80 valence electrons. The van der Waals surface area contributed by atoms with Crippen molar-refractivity contribution in [2.75, 3.05) is 12.3 Å². The standard InChI is InChI=1S/C9H16BrN3O/c1-9(2,3)7-6(10)8(11)13(12-7)4-5-14/h14H,4-5,11H2,1-3H3. The van der Waals surface area contributed by atoms with E-state index >= 15 is 0 Å². The van der Waals surface area contributed by atoms with Crippen molar-refractivity contribution in [3.8, 4) is 0 Å². The number of halogens is 1. The van der Waals surface area contributed by atoms with Crippen LogP contribution in [-0.4, -0.2) is 21.5 Å². The lowest BCUT2D eigenvalue weighted by Gasteiger charge is -2.15. The summed E-state index contributed by atoms with van der Waals surface area (Å²) in [4.78, 5) is 0. The number of nitrogens with zero attached hydrogens (tertiary/aromatic N) is 2. The number of aromatic nitrogens is 2. The molecule has 1 aromatic heterocycles. The van der Waals surface area contributed by atoms with Crippen LogP contribution in [0.3, 0.4) is 0 Å². The third-order valence-electron chi connectivity index (χ3n) is 1.95. The van der Waals surface area contributed by atoms with Crippen molar-refractivity contribution in [1.29, 1.82) is 0 Å². The molecule has 0 unspecified atom stereocenters. The van der Waals surface area contributed by atoms with Crippen molar-refractivity contribution in [1.82, 2.24) is 9.78 Å². The second-order valence-electron chi connectivity index (χ2n) is 4.24. The van der Waals surface area contributed by atoms with Crippen LogP contribution in [0.4, 0.5) is 5.82 Å². The number of hydrogen-bond acceptors (Lipinski definition) is 3. The maximum absolute atomic E-state index is 8.82. The normalized spacial score (nSPS) is 12.1. The molecule has 1 rings (SSSR count).